The average molecular weight is 283 g/mol. The average Bonchev–Trinajstić information content (AvgIpc) is 2.41. The zero-order valence-corrected chi connectivity index (χ0v) is 11.4. The first-order valence-electron chi connectivity index (χ1n) is 5.58. The van der Waals surface area contributed by atoms with Crippen molar-refractivity contribution in [3.8, 4) is 11.4 Å². The summed E-state index contributed by atoms with van der Waals surface area (Å²) >= 11 is 0. The molecule has 2 N–H and O–H groups in total. The fraction of sp³-hybridized carbons (Fsp3) is 0.167. The molecule has 1 heterocycles. The highest BCUT2D eigenvalue weighted by Gasteiger charge is 2.15. The van der Waals surface area contributed by atoms with Crippen molar-refractivity contribution in [1.29, 1.82) is 0 Å². The van der Waals surface area contributed by atoms with Gasteiger partial charge in [-0.2, -0.15) is 0 Å². The van der Waals surface area contributed by atoms with E-state index in [0.717, 1.165) is 12.1 Å². The van der Waals surface area contributed by atoms with Crippen LogP contribution in [0.25, 0.3) is 11.4 Å². The number of nitrogens with zero attached hydrogens (tertiary/aromatic N) is 2. The van der Waals surface area contributed by atoms with Crippen LogP contribution in [-0.2, 0) is 10.0 Å². The second-order valence-electron chi connectivity index (χ2n) is 3.26. The number of primary sulfonamides is 1. The maximum Gasteiger partial charge on any atom is 0.240 e. The zero-order chi connectivity index (χ0) is 14.5. The number of hydrogen-bond acceptors (Lipinski definition) is 4. The molecule has 0 bridgehead atoms. The van der Waals surface area contributed by atoms with Gasteiger partial charge in [-0.3, -0.25) is 0 Å². The summed E-state index contributed by atoms with van der Waals surface area (Å²) in [6, 6.07) is 5.14. The lowest BCUT2D eigenvalue weighted by molar-refractivity contribution is 0.568. The van der Waals surface area contributed by atoms with Gasteiger partial charge in [0, 0.05) is 18.0 Å². The monoisotopic (exact) mass is 283 g/mol. The van der Waals surface area contributed by atoms with Gasteiger partial charge in [0.1, 0.15) is 10.7 Å². The Balaban J connectivity index is 0.000000861. The van der Waals surface area contributed by atoms with E-state index in [1.807, 2.05) is 13.8 Å². The van der Waals surface area contributed by atoms with Gasteiger partial charge in [0.25, 0.3) is 0 Å². The third kappa shape index (κ3) is 3.80. The lowest BCUT2D eigenvalue weighted by Crippen LogP contribution is -2.14. The number of aromatic nitrogens is 2. The summed E-state index contributed by atoms with van der Waals surface area (Å²) < 4.78 is 35.5. The van der Waals surface area contributed by atoms with Gasteiger partial charge in [0.05, 0.1) is 0 Å². The second-order valence-corrected chi connectivity index (χ2v) is 4.79. The standard InChI is InChI=1S/C10H8FN3O2S.C2H6/c11-8-3-2-7(6-9(8)17(12,15)16)10-13-4-1-5-14-10;1-2/h1-6H,(H2,12,15,16);1-2H3. The maximum absolute atomic E-state index is 13.3. The van der Waals surface area contributed by atoms with Crippen molar-refractivity contribution in [2.24, 2.45) is 5.14 Å². The largest absolute Gasteiger partial charge is 0.240 e. The Kier molecular flexibility index (Phi) is 5.08. The molecule has 0 spiro atoms. The Morgan fingerprint density at radius 3 is 2.26 bits per heavy atom. The summed E-state index contributed by atoms with van der Waals surface area (Å²) in [5, 5.41) is 4.90. The predicted octanol–water partition coefficient (Wildman–Crippen LogP) is 1.96. The molecule has 0 unspecified atom stereocenters. The Morgan fingerprint density at radius 2 is 1.74 bits per heavy atom. The molecular formula is C12H14FN3O2S. The topological polar surface area (TPSA) is 85.9 Å². The summed E-state index contributed by atoms with van der Waals surface area (Å²) in [4.78, 5) is 7.30. The van der Waals surface area contributed by atoms with E-state index in [1.165, 1.54) is 18.5 Å². The fourth-order valence-corrected chi connectivity index (χ4v) is 1.94. The van der Waals surface area contributed by atoms with Crippen LogP contribution >= 0.6 is 0 Å². The minimum atomic E-state index is -4.09. The van der Waals surface area contributed by atoms with Gasteiger partial charge in [-0.1, -0.05) is 13.8 Å². The molecule has 7 heteroatoms. The van der Waals surface area contributed by atoms with Gasteiger partial charge in [-0.15, -0.1) is 0 Å². The summed E-state index contributed by atoms with van der Waals surface area (Å²) in [6.07, 6.45) is 3.00. The van der Waals surface area contributed by atoms with Crippen LogP contribution in [0.15, 0.2) is 41.6 Å². The van der Waals surface area contributed by atoms with E-state index in [-0.39, 0.29) is 0 Å². The summed E-state index contributed by atoms with van der Waals surface area (Å²) in [6.45, 7) is 4.00. The molecule has 0 aliphatic carbocycles. The van der Waals surface area contributed by atoms with E-state index in [1.54, 1.807) is 6.07 Å². The lowest BCUT2D eigenvalue weighted by atomic mass is 10.2. The first-order valence-corrected chi connectivity index (χ1v) is 7.13. The van der Waals surface area contributed by atoms with Crippen LogP contribution < -0.4 is 5.14 Å². The summed E-state index contributed by atoms with van der Waals surface area (Å²) in [5.74, 6) is -0.593. The number of sulfonamides is 1. The quantitative estimate of drug-likeness (QED) is 0.912. The zero-order valence-electron chi connectivity index (χ0n) is 10.5. The highest BCUT2D eigenvalue weighted by atomic mass is 32.2. The van der Waals surface area contributed by atoms with Crippen molar-refractivity contribution in [2.45, 2.75) is 18.7 Å². The number of benzene rings is 1. The predicted molar refractivity (Wildman–Crippen MR) is 70.1 cm³/mol. The second kappa shape index (κ2) is 6.35. The van der Waals surface area contributed by atoms with E-state index in [9.17, 15) is 12.8 Å². The van der Waals surface area contributed by atoms with Crippen molar-refractivity contribution >= 4 is 10.0 Å². The van der Waals surface area contributed by atoms with Crippen molar-refractivity contribution in [1.82, 2.24) is 9.97 Å². The molecule has 102 valence electrons. The first kappa shape index (κ1) is 15.2. The minimum Gasteiger partial charge on any atom is -0.237 e. The normalized spacial score (nSPS) is 10.5. The van der Waals surface area contributed by atoms with E-state index < -0.39 is 20.7 Å². The number of halogens is 1. The third-order valence-electron chi connectivity index (χ3n) is 2.06. The van der Waals surface area contributed by atoms with Crippen molar-refractivity contribution in [3.63, 3.8) is 0 Å². The minimum absolute atomic E-state index is 0.303. The van der Waals surface area contributed by atoms with Crippen LogP contribution in [0.1, 0.15) is 13.8 Å². The van der Waals surface area contributed by atoms with Crippen LogP contribution in [0, 0.1) is 5.82 Å². The van der Waals surface area contributed by atoms with Crippen LogP contribution in [0.5, 0.6) is 0 Å². The van der Waals surface area contributed by atoms with Crippen LogP contribution in [0.4, 0.5) is 4.39 Å². The molecule has 1 aromatic carbocycles. The molecule has 0 aliphatic rings. The molecular weight excluding hydrogens is 269 g/mol. The van der Waals surface area contributed by atoms with E-state index in [4.69, 9.17) is 5.14 Å². The smallest absolute Gasteiger partial charge is 0.237 e. The highest BCUT2D eigenvalue weighted by molar-refractivity contribution is 7.89. The van der Waals surface area contributed by atoms with Gasteiger partial charge in [-0.25, -0.2) is 27.9 Å². The van der Waals surface area contributed by atoms with Crippen molar-refractivity contribution in [2.75, 3.05) is 0 Å². The molecule has 2 rings (SSSR count). The molecule has 0 radical (unpaired) electrons. The summed E-state index contributed by atoms with van der Waals surface area (Å²) in [5.41, 5.74) is 0.385. The van der Waals surface area contributed by atoms with Gasteiger partial charge >= 0.3 is 0 Å². The van der Waals surface area contributed by atoms with Gasteiger partial charge in [0.15, 0.2) is 5.82 Å². The van der Waals surface area contributed by atoms with E-state index in [0.29, 0.717) is 11.4 Å². The molecule has 1 aromatic heterocycles. The fourth-order valence-electron chi connectivity index (χ4n) is 1.31. The van der Waals surface area contributed by atoms with E-state index in [2.05, 4.69) is 9.97 Å². The molecule has 0 aliphatic heterocycles. The van der Waals surface area contributed by atoms with Gasteiger partial charge in [-0.05, 0) is 24.3 Å². The van der Waals surface area contributed by atoms with Crippen LogP contribution in [0.3, 0.4) is 0 Å². The van der Waals surface area contributed by atoms with Crippen LogP contribution in [0.2, 0.25) is 0 Å². The van der Waals surface area contributed by atoms with Gasteiger partial charge in [0.2, 0.25) is 10.0 Å². The number of nitrogens with two attached hydrogens (primary N) is 1. The Bertz CT molecular complexity index is 645. The molecule has 0 saturated carbocycles. The first-order chi connectivity index (χ1) is 8.98. The highest BCUT2D eigenvalue weighted by Crippen LogP contribution is 2.20. The van der Waals surface area contributed by atoms with Crippen molar-refractivity contribution < 1.29 is 12.8 Å². The Labute approximate surface area is 111 Å². The molecule has 0 saturated heterocycles. The molecule has 0 atom stereocenters. The molecule has 0 fully saturated rings. The SMILES string of the molecule is CC.NS(=O)(=O)c1cc(-c2ncccn2)ccc1F. The molecule has 0 amide bonds. The molecule has 19 heavy (non-hydrogen) atoms. The van der Waals surface area contributed by atoms with Crippen molar-refractivity contribution in [3.05, 3.63) is 42.5 Å². The van der Waals surface area contributed by atoms with E-state index >= 15 is 0 Å². The van der Waals surface area contributed by atoms with Crippen LogP contribution in [-0.4, -0.2) is 18.4 Å². The summed E-state index contributed by atoms with van der Waals surface area (Å²) in [7, 11) is -4.09. The molecule has 5 nitrogen and oxygen atoms in total. The Hall–Kier alpha value is -1.86. The number of hydrogen-bond donors (Lipinski definition) is 1. The molecule has 2 aromatic rings. The lowest BCUT2D eigenvalue weighted by Gasteiger charge is -2.03. The third-order valence-corrected chi connectivity index (χ3v) is 2.99. The Morgan fingerprint density at radius 1 is 1.16 bits per heavy atom. The number of rotatable bonds is 2. The van der Waals surface area contributed by atoms with Gasteiger partial charge < -0.3 is 0 Å². The maximum atomic E-state index is 13.3.